The van der Waals surface area contributed by atoms with Crippen molar-refractivity contribution in [2.75, 3.05) is 6.54 Å². The summed E-state index contributed by atoms with van der Waals surface area (Å²) in [7, 11) is 0. The third-order valence-corrected chi connectivity index (χ3v) is 5.53. The molecule has 1 aromatic carbocycles. The first-order chi connectivity index (χ1) is 14.5. The van der Waals surface area contributed by atoms with Gasteiger partial charge in [0, 0.05) is 24.7 Å². The van der Waals surface area contributed by atoms with Gasteiger partial charge in [0.1, 0.15) is 11.6 Å². The van der Waals surface area contributed by atoms with Crippen molar-refractivity contribution in [2.24, 2.45) is 0 Å². The molecule has 1 saturated heterocycles. The molecule has 4 rings (SSSR count). The number of carbonyl (C=O) groups is 1. The summed E-state index contributed by atoms with van der Waals surface area (Å²) < 4.78 is 18.7. The van der Waals surface area contributed by atoms with Crippen molar-refractivity contribution in [1.82, 2.24) is 15.0 Å². The highest BCUT2D eigenvalue weighted by atomic mass is 19.1. The molecule has 0 saturated carbocycles. The molecule has 1 aliphatic heterocycles. The number of piperidine rings is 1. The smallest absolute Gasteiger partial charge is 0.276 e. The maximum absolute atomic E-state index is 13.3. The van der Waals surface area contributed by atoms with Crippen molar-refractivity contribution in [3.05, 3.63) is 71.1 Å². The van der Waals surface area contributed by atoms with Crippen molar-refractivity contribution in [3.63, 3.8) is 0 Å². The van der Waals surface area contributed by atoms with Crippen LogP contribution in [0.2, 0.25) is 0 Å². The zero-order valence-electron chi connectivity index (χ0n) is 17.4. The molecule has 1 fully saturated rings. The van der Waals surface area contributed by atoms with Crippen LogP contribution in [0.3, 0.4) is 0 Å². The van der Waals surface area contributed by atoms with Gasteiger partial charge in [0.2, 0.25) is 0 Å². The van der Waals surface area contributed by atoms with Crippen LogP contribution >= 0.6 is 0 Å². The topological polar surface area (TPSA) is 59.2 Å². The zero-order valence-corrected chi connectivity index (χ0v) is 17.4. The lowest BCUT2D eigenvalue weighted by atomic mass is 9.95. The number of likely N-dealkylation sites (tertiary alicyclic amines) is 1. The second-order valence-corrected chi connectivity index (χ2v) is 7.87. The molecule has 0 aliphatic carbocycles. The zero-order chi connectivity index (χ0) is 21.1. The van der Waals surface area contributed by atoms with Gasteiger partial charge in [0.25, 0.3) is 5.91 Å². The van der Waals surface area contributed by atoms with Crippen LogP contribution in [0.15, 0.2) is 47.0 Å². The molecule has 2 aromatic heterocycles. The first-order valence-corrected chi connectivity index (χ1v) is 10.6. The summed E-state index contributed by atoms with van der Waals surface area (Å²) in [5.74, 6) is 0.364. The van der Waals surface area contributed by atoms with E-state index in [-0.39, 0.29) is 17.8 Å². The Labute approximate surface area is 175 Å². The number of carbonyl (C=O) groups excluding carboxylic acids is 1. The number of nitrogens with zero attached hydrogens (tertiary/aromatic N) is 3. The van der Waals surface area contributed by atoms with Gasteiger partial charge in [-0.25, -0.2) is 4.39 Å². The molecule has 1 atom stereocenters. The second kappa shape index (κ2) is 8.78. The largest absolute Gasteiger partial charge is 0.361 e. The van der Waals surface area contributed by atoms with Crippen LogP contribution in [0.4, 0.5) is 4.39 Å². The average Bonchev–Trinajstić information content (AvgIpc) is 3.22. The fourth-order valence-electron chi connectivity index (χ4n) is 4.08. The minimum absolute atomic E-state index is 0.113. The second-order valence-electron chi connectivity index (χ2n) is 7.87. The van der Waals surface area contributed by atoms with Crippen LogP contribution < -0.4 is 0 Å². The SMILES string of the molecule is CCCc1cc(C(=O)N2CCCC[C@@H]2c2cc(-c3ccc(F)cc3)cc(C)n2)no1. The van der Waals surface area contributed by atoms with E-state index in [0.29, 0.717) is 12.2 Å². The number of rotatable bonds is 5. The van der Waals surface area contributed by atoms with E-state index in [9.17, 15) is 9.18 Å². The first kappa shape index (κ1) is 20.3. The number of hydrogen-bond acceptors (Lipinski definition) is 4. The van der Waals surface area contributed by atoms with Crippen molar-refractivity contribution < 1.29 is 13.7 Å². The lowest BCUT2D eigenvalue weighted by molar-refractivity contribution is 0.0595. The Morgan fingerprint density at radius 3 is 2.73 bits per heavy atom. The molecule has 1 amide bonds. The van der Waals surface area contributed by atoms with Crippen LogP contribution in [-0.4, -0.2) is 27.5 Å². The third kappa shape index (κ3) is 4.27. The lowest BCUT2D eigenvalue weighted by Crippen LogP contribution is -2.39. The van der Waals surface area contributed by atoms with Gasteiger partial charge in [-0.2, -0.15) is 0 Å². The maximum atomic E-state index is 13.3. The first-order valence-electron chi connectivity index (χ1n) is 10.6. The van der Waals surface area contributed by atoms with Crippen molar-refractivity contribution >= 4 is 5.91 Å². The summed E-state index contributed by atoms with van der Waals surface area (Å²) in [4.78, 5) is 19.8. The van der Waals surface area contributed by atoms with Crippen LogP contribution in [0.25, 0.3) is 11.1 Å². The average molecular weight is 407 g/mol. The van der Waals surface area contributed by atoms with Gasteiger partial charge >= 0.3 is 0 Å². The summed E-state index contributed by atoms with van der Waals surface area (Å²) in [6.45, 7) is 4.67. The standard InChI is InChI=1S/C24H26FN3O2/c1-3-6-20-15-22(27-30-20)24(29)28-12-5-4-7-23(28)21-14-18(13-16(2)26-21)17-8-10-19(25)11-9-17/h8-11,13-15,23H,3-7,12H2,1-2H3/t23-/m1/s1. The van der Waals surface area contributed by atoms with Gasteiger partial charge in [-0.15, -0.1) is 0 Å². The summed E-state index contributed by atoms with van der Waals surface area (Å²) in [6, 6.07) is 12.1. The molecule has 0 bridgehead atoms. The predicted molar refractivity (Wildman–Crippen MR) is 112 cm³/mol. The van der Waals surface area contributed by atoms with E-state index in [1.54, 1.807) is 18.2 Å². The van der Waals surface area contributed by atoms with Gasteiger partial charge in [0.05, 0.1) is 11.7 Å². The highest BCUT2D eigenvalue weighted by Crippen LogP contribution is 2.33. The van der Waals surface area contributed by atoms with Gasteiger partial charge < -0.3 is 9.42 Å². The molecule has 156 valence electrons. The Morgan fingerprint density at radius 2 is 1.97 bits per heavy atom. The molecule has 0 spiro atoms. The Hall–Kier alpha value is -3.02. The molecule has 3 aromatic rings. The molecule has 30 heavy (non-hydrogen) atoms. The molecule has 0 N–H and O–H groups in total. The number of aromatic nitrogens is 2. The van der Waals surface area contributed by atoms with Crippen LogP contribution in [0.1, 0.15) is 66.3 Å². The molecular weight excluding hydrogens is 381 g/mol. The highest BCUT2D eigenvalue weighted by molar-refractivity contribution is 5.92. The Morgan fingerprint density at radius 1 is 1.17 bits per heavy atom. The van der Waals surface area contributed by atoms with E-state index in [1.807, 2.05) is 24.0 Å². The van der Waals surface area contributed by atoms with E-state index in [0.717, 1.165) is 60.4 Å². The van der Waals surface area contributed by atoms with E-state index in [2.05, 4.69) is 12.1 Å². The number of hydrogen-bond donors (Lipinski definition) is 0. The number of amides is 1. The van der Waals surface area contributed by atoms with Crippen molar-refractivity contribution in [2.45, 2.75) is 52.0 Å². The minimum Gasteiger partial charge on any atom is -0.361 e. The quantitative estimate of drug-likeness (QED) is 0.560. The minimum atomic E-state index is -0.260. The predicted octanol–water partition coefficient (Wildman–Crippen LogP) is 5.50. The molecule has 5 nitrogen and oxygen atoms in total. The molecule has 0 unspecified atom stereocenters. The van der Waals surface area contributed by atoms with Crippen LogP contribution in [0.5, 0.6) is 0 Å². The molecule has 1 aliphatic rings. The van der Waals surface area contributed by atoms with Crippen LogP contribution in [0, 0.1) is 12.7 Å². The molecule has 0 radical (unpaired) electrons. The Bertz CT molecular complexity index is 1030. The lowest BCUT2D eigenvalue weighted by Gasteiger charge is -2.35. The fourth-order valence-corrected chi connectivity index (χ4v) is 4.08. The van der Waals surface area contributed by atoms with E-state index < -0.39 is 0 Å². The fraction of sp³-hybridized carbons (Fsp3) is 0.375. The van der Waals surface area contributed by atoms with E-state index in [4.69, 9.17) is 9.51 Å². The van der Waals surface area contributed by atoms with Crippen molar-refractivity contribution in [3.8, 4) is 11.1 Å². The third-order valence-electron chi connectivity index (χ3n) is 5.53. The summed E-state index contributed by atoms with van der Waals surface area (Å²) >= 11 is 0. The summed E-state index contributed by atoms with van der Waals surface area (Å²) in [6.07, 6.45) is 4.55. The Balaban J connectivity index is 1.65. The van der Waals surface area contributed by atoms with Crippen LogP contribution in [-0.2, 0) is 6.42 Å². The highest BCUT2D eigenvalue weighted by Gasteiger charge is 2.31. The normalized spacial score (nSPS) is 16.6. The summed E-state index contributed by atoms with van der Waals surface area (Å²) in [5.41, 5.74) is 3.99. The number of halogens is 1. The van der Waals surface area contributed by atoms with Gasteiger partial charge in [0.15, 0.2) is 5.69 Å². The number of benzene rings is 1. The molecular formula is C24H26FN3O2. The van der Waals surface area contributed by atoms with Gasteiger partial charge in [-0.05, 0) is 68.0 Å². The number of aryl methyl sites for hydroxylation is 2. The Kier molecular flexibility index (Phi) is 5.93. The van der Waals surface area contributed by atoms with Crippen molar-refractivity contribution in [1.29, 1.82) is 0 Å². The monoisotopic (exact) mass is 407 g/mol. The summed E-state index contributed by atoms with van der Waals surface area (Å²) in [5, 5.41) is 4.01. The van der Waals surface area contributed by atoms with Gasteiger partial charge in [-0.1, -0.05) is 24.2 Å². The molecule has 3 heterocycles. The maximum Gasteiger partial charge on any atom is 0.276 e. The van der Waals surface area contributed by atoms with E-state index in [1.165, 1.54) is 12.1 Å². The molecule has 6 heteroatoms. The number of pyridine rings is 1. The van der Waals surface area contributed by atoms with E-state index >= 15 is 0 Å². The van der Waals surface area contributed by atoms with Gasteiger partial charge in [-0.3, -0.25) is 9.78 Å².